The summed E-state index contributed by atoms with van der Waals surface area (Å²) in [5, 5.41) is 9.42. The Labute approximate surface area is 194 Å². The summed E-state index contributed by atoms with van der Waals surface area (Å²) in [6.45, 7) is 4.91. The summed E-state index contributed by atoms with van der Waals surface area (Å²) in [6.07, 6.45) is 2.95. The number of ether oxygens (including phenoxy) is 1. The predicted octanol–water partition coefficient (Wildman–Crippen LogP) is 6.14. The topological polar surface area (TPSA) is 67.9 Å². The highest BCUT2D eigenvalue weighted by Crippen LogP contribution is 2.26. The lowest BCUT2D eigenvalue weighted by atomic mass is 9.99. The number of esters is 1. The molecule has 0 saturated heterocycles. The average Bonchev–Trinajstić information content (AvgIpc) is 3.20. The van der Waals surface area contributed by atoms with Gasteiger partial charge in [-0.1, -0.05) is 61.9 Å². The fraction of sp³-hybridized carbons (Fsp3) is 0.250. The van der Waals surface area contributed by atoms with Crippen LogP contribution in [0.1, 0.15) is 54.0 Å². The average molecular weight is 438 g/mol. The molecule has 33 heavy (non-hydrogen) atoms. The minimum absolute atomic E-state index is 0.324. The van der Waals surface area contributed by atoms with Crippen molar-refractivity contribution in [2.45, 2.75) is 39.7 Å². The second kappa shape index (κ2) is 10.1. The lowest BCUT2D eigenvalue weighted by molar-refractivity contribution is 0.0528. The fourth-order valence-electron chi connectivity index (χ4n) is 4.11. The molecule has 0 aliphatic heterocycles. The molecule has 5 heteroatoms. The van der Waals surface area contributed by atoms with Crippen molar-refractivity contribution in [2.24, 2.45) is 0 Å². The molecule has 0 amide bonds. The Kier molecular flexibility index (Phi) is 6.85. The van der Waals surface area contributed by atoms with E-state index in [0.717, 1.165) is 52.8 Å². The predicted molar refractivity (Wildman–Crippen MR) is 130 cm³/mol. The summed E-state index contributed by atoms with van der Waals surface area (Å²) in [4.78, 5) is 17.5. The molecule has 3 aromatic carbocycles. The first-order valence-corrected chi connectivity index (χ1v) is 11.4. The van der Waals surface area contributed by atoms with Crippen LogP contribution >= 0.6 is 0 Å². The number of rotatable bonds is 8. The van der Waals surface area contributed by atoms with Gasteiger partial charge in [-0.15, -0.1) is 0 Å². The minimum Gasteiger partial charge on any atom is -0.462 e. The number of carbonyl (C=O) groups is 1. The van der Waals surface area contributed by atoms with Crippen molar-refractivity contribution < 1.29 is 9.53 Å². The third-order valence-electron chi connectivity index (χ3n) is 5.75. The van der Waals surface area contributed by atoms with E-state index in [-0.39, 0.29) is 5.97 Å². The van der Waals surface area contributed by atoms with Gasteiger partial charge in [0.1, 0.15) is 5.82 Å². The number of aromatic nitrogens is 2. The number of nitrogens with zero attached hydrogens (tertiary/aromatic N) is 3. The SMILES string of the molecule is CCCCc1nc2cccc(C(=O)OCC)c2n1Cc1ccc(-c2ccccc2C#N)cc1. The Morgan fingerprint density at radius 1 is 1.03 bits per heavy atom. The van der Waals surface area contributed by atoms with Gasteiger partial charge in [-0.25, -0.2) is 9.78 Å². The van der Waals surface area contributed by atoms with Crippen LogP contribution in [0.25, 0.3) is 22.2 Å². The highest BCUT2D eigenvalue weighted by molar-refractivity contribution is 6.02. The molecule has 0 unspecified atom stereocenters. The van der Waals surface area contributed by atoms with E-state index in [4.69, 9.17) is 9.72 Å². The molecule has 0 atom stereocenters. The number of hydrogen-bond acceptors (Lipinski definition) is 4. The normalized spacial score (nSPS) is 10.8. The number of aryl methyl sites for hydroxylation is 1. The maximum atomic E-state index is 12.7. The lowest BCUT2D eigenvalue weighted by Crippen LogP contribution is -2.10. The van der Waals surface area contributed by atoms with Crippen LogP contribution in [0, 0.1) is 11.3 Å². The molecule has 0 fully saturated rings. The van der Waals surface area contributed by atoms with E-state index >= 15 is 0 Å². The summed E-state index contributed by atoms with van der Waals surface area (Å²) in [7, 11) is 0. The maximum absolute atomic E-state index is 12.7. The number of fused-ring (bicyclic) bond motifs is 1. The zero-order chi connectivity index (χ0) is 23.2. The summed E-state index contributed by atoms with van der Waals surface area (Å²) in [5.74, 6) is 0.650. The van der Waals surface area contributed by atoms with Gasteiger partial charge in [-0.3, -0.25) is 0 Å². The molecule has 0 spiro atoms. The second-order valence-electron chi connectivity index (χ2n) is 7.97. The summed E-state index contributed by atoms with van der Waals surface area (Å²) >= 11 is 0. The van der Waals surface area contributed by atoms with Gasteiger partial charge in [0.2, 0.25) is 0 Å². The standard InChI is InChI=1S/C28H27N3O2/c1-3-5-13-26-30-25-12-8-11-24(28(32)33-4-2)27(25)31(26)19-20-14-16-21(17-15-20)23-10-7-6-9-22(23)18-29/h6-12,14-17H,3-5,13,19H2,1-2H3. The van der Waals surface area contributed by atoms with Gasteiger partial charge in [-0.05, 0) is 48.2 Å². The van der Waals surface area contributed by atoms with Crippen LogP contribution in [0.4, 0.5) is 0 Å². The Morgan fingerprint density at radius 3 is 2.55 bits per heavy atom. The van der Waals surface area contributed by atoms with Crippen molar-refractivity contribution >= 4 is 17.0 Å². The van der Waals surface area contributed by atoms with Gasteiger partial charge < -0.3 is 9.30 Å². The van der Waals surface area contributed by atoms with E-state index in [1.807, 2.05) is 61.5 Å². The number of benzene rings is 3. The van der Waals surface area contributed by atoms with Crippen molar-refractivity contribution in [3.8, 4) is 17.2 Å². The van der Waals surface area contributed by atoms with Crippen molar-refractivity contribution in [1.29, 1.82) is 5.26 Å². The van der Waals surface area contributed by atoms with Crippen LogP contribution in [0.5, 0.6) is 0 Å². The smallest absolute Gasteiger partial charge is 0.340 e. The van der Waals surface area contributed by atoms with Crippen LogP contribution in [0.15, 0.2) is 66.7 Å². The number of imidazole rings is 1. The zero-order valence-corrected chi connectivity index (χ0v) is 19.0. The molecule has 0 aliphatic carbocycles. The number of para-hydroxylation sites is 1. The van der Waals surface area contributed by atoms with Gasteiger partial charge in [0, 0.05) is 13.0 Å². The number of carbonyl (C=O) groups excluding carboxylic acids is 1. The molecular weight excluding hydrogens is 410 g/mol. The van der Waals surface area contributed by atoms with Gasteiger partial charge >= 0.3 is 5.97 Å². The van der Waals surface area contributed by atoms with Crippen molar-refractivity contribution in [2.75, 3.05) is 6.61 Å². The van der Waals surface area contributed by atoms with Crippen LogP contribution in [-0.4, -0.2) is 22.1 Å². The van der Waals surface area contributed by atoms with Crippen molar-refractivity contribution in [3.63, 3.8) is 0 Å². The molecular formula is C28H27N3O2. The molecule has 1 heterocycles. The Balaban J connectivity index is 1.74. The second-order valence-corrected chi connectivity index (χ2v) is 7.97. The number of hydrogen-bond donors (Lipinski definition) is 0. The number of nitriles is 1. The zero-order valence-electron chi connectivity index (χ0n) is 19.0. The van der Waals surface area contributed by atoms with E-state index in [1.165, 1.54) is 0 Å². The maximum Gasteiger partial charge on any atom is 0.340 e. The first kappa shape index (κ1) is 22.3. The Hall–Kier alpha value is -3.91. The highest BCUT2D eigenvalue weighted by Gasteiger charge is 2.19. The quantitative estimate of drug-likeness (QED) is 0.310. The fourth-order valence-corrected chi connectivity index (χ4v) is 4.11. The van der Waals surface area contributed by atoms with Gasteiger partial charge in [-0.2, -0.15) is 5.26 Å². The summed E-state index contributed by atoms with van der Waals surface area (Å²) in [6, 6.07) is 23.7. The Bertz CT molecular complexity index is 1310. The van der Waals surface area contributed by atoms with Gasteiger partial charge in [0.05, 0.1) is 34.8 Å². The third-order valence-corrected chi connectivity index (χ3v) is 5.75. The largest absolute Gasteiger partial charge is 0.462 e. The molecule has 0 N–H and O–H groups in total. The molecule has 0 saturated carbocycles. The van der Waals surface area contributed by atoms with Crippen LogP contribution < -0.4 is 0 Å². The van der Waals surface area contributed by atoms with Crippen molar-refractivity contribution in [3.05, 3.63) is 89.2 Å². The van der Waals surface area contributed by atoms with E-state index in [0.29, 0.717) is 24.3 Å². The molecule has 0 bridgehead atoms. The van der Waals surface area contributed by atoms with Crippen LogP contribution in [0.2, 0.25) is 0 Å². The molecule has 4 rings (SSSR count). The Morgan fingerprint density at radius 2 is 1.82 bits per heavy atom. The van der Waals surface area contributed by atoms with E-state index in [1.54, 1.807) is 0 Å². The van der Waals surface area contributed by atoms with Gasteiger partial charge in [0.15, 0.2) is 0 Å². The molecule has 1 aromatic heterocycles. The third kappa shape index (κ3) is 4.65. The number of unbranched alkanes of at least 4 members (excludes halogenated alkanes) is 1. The van der Waals surface area contributed by atoms with E-state index in [9.17, 15) is 10.1 Å². The summed E-state index contributed by atoms with van der Waals surface area (Å²) in [5.41, 5.74) is 5.87. The lowest BCUT2D eigenvalue weighted by Gasteiger charge is -2.12. The summed E-state index contributed by atoms with van der Waals surface area (Å²) < 4.78 is 7.46. The van der Waals surface area contributed by atoms with Crippen molar-refractivity contribution in [1.82, 2.24) is 9.55 Å². The molecule has 0 aliphatic rings. The molecule has 166 valence electrons. The highest BCUT2D eigenvalue weighted by atomic mass is 16.5. The van der Waals surface area contributed by atoms with Gasteiger partial charge in [0.25, 0.3) is 0 Å². The first-order chi connectivity index (χ1) is 16.2. The van der Waals surface area contributed by atoms with Crippen LogP contribution in [0.3, 0.4) is 0 Å². The molecule has 5 nitrogen and oxygen atoms in total. The molecule has 0 radical (unpaired) electrons. The minimum atomic E-state index is -0.324. The monoisotopic (exact) mass is 437 g/mol. The van der Waals surface area contributed by atoms with E-state index in [2.05, 4.69) is 29.7 Å². The molecule has 4 aromatic rings. The first-order valence-electron chi connectivity index (χ1n) is 11.4. The van der Waals surface area contributed by atoms with E-state index < -0.39 is 0 Å². The van der Waals surface area contributed by atoms with Crippen LogP contribution in [-0.2, 0) is 17.7 Å².